The maximum Gasteiger partial charge on any atom is 0.0402 e. The average Bonchev–Trinajstić information content (AvgIpc) is 2.82. The van der Waals surface area contributed by atoms with Gasteiger partial charge in [0.1, 0.15) is 0 Å². The third-order valence-corrected chi connectivity index (χ3v) is 1.55. The third kappa shape index (κ3) is 38.1. The molecule has 0 aliphatic rings. The van der Waals surface area contributed by atoms with Gasteiger partial charge in [0.25, 0.3) is 0 Å². The molecule has 0 unspecified atom stereocenters. The van der Waals surface area contributed by atoms with Gasteiger partial charge in [0, 0.05) is 46.0 Å². The van der Waals surface area contributed by atoms with Gasteiger partial charge in [-0.15, -0.1) is 0 Å². The number of aliphatic hydroxyl groups is 3. The SMILES string of the molecule is CCCC[c-]1cccc1.CCO.CCO.CCO.[Zr]. The molecule has 0 radical (unpaired) electrons. The van der Waals surface area contributed by atoms with Crippen molar-refractivity contribution in [3.63, 3.8) is 0 Å². The fraction of sp³-hybridized carbons (Fsp3) is 0.667. The minimum Gasteiger partial charge on any atom is -0.397 e. The van der Waals surface area contributed by atoms with E-state index in [1.165, 1.54) is 24.8 Å². The van der Waals surface area contributed by atoms with Crippen molar-refractivity contribution in [3.05, 3.63) is 29.8 Å². The van der Waals surface area contributed by atoms with Gasteiger partial charge >= 0.3 is 0 Å². The van der Waals surface area contributed by atoms with Crippen LogP contribution in [0.3, 0.4) is 0 Å². The predicted octanol–water partition coefficient (Wildman–Crippen LogP) is 2.74. The van der Waals surface area contributed by atoms with Gasteiger partial charge in [-0.3, -0.25) is 0 Å². The Morgan fingerprint density at radius 1 is 0.789 bits per heavy atom. The molecular weight excluding hydrogens is 319 g/mol. The summed E-state index contributed by atoms with van der Waals surface area (Å²) < 4.78 is 0. The van der Waals surface area contributed by atoms with Gasteiger partial charge < -0.3 is 15.3 Å². The molecule has 0 fully saturated rings. The quantitative estimate of drug-likeness (QED) is 0.735. The van der Waals surface area contributed by atoms with Crippen LogP contribution in [0.1, 0.15) is 46.1 Å². The average molecular weight is 351 g/mol. The molecule has 0 saturated heterocycles. The van der Waals surface area contributed by atoms with E-state index in [0.717, 1.165) is 0 Å². The Morgan fingerprint density at radius 2 is 1.11 bits per heavy atom. The first-order valence-corrected chi connectivity index (χ1v) is 6.71. The van der Waals surface area contributed by atoms with Gasteiger partial charge in [0.05, 0.1) is 0 Å². The summed E-state index contributed by atoms with van der Waals surface area (Å²) in [5.41, 5.74) is 1.48. The number of hydrogen-bond acceptors (Lipinski definition) is 3. The Labute approximate surface area is 138 Å². The van der Waals surface area contributed by atoms with Crippen LogP contribution in [0.5, 0.6) is 0 Å². The second-order valence-corrected chi connectivity index (χ2v) is 3.35. The summed E-state index contributed by atoms with van der Waals surface area (Å²) in [7, 11) is 0. The monoisotopic (exact) mass is 349 g/mol. The minimum atomic E-state index is 0. The number of aliphatic hydroxyl groups excluding tert-OH is 3. The van der Waals surface area contributed by atoms with E-state index in [1.807, 2.05) is 0 Å². The molecule has 1 aromatic carbocycles. The smallest absolute Gasteiger partial charge is 0.0402 e. The van der Waals surface area contributed by atoms with E-state index in [9.17, 15) is 0 Å². The van der Waals surface area contributed by atoms with Crippen LogP contribution in [0.2, 0.25) is 0 Å². The molecule has 0 aliphatic heterocycles. The summed E-state index contributed by atoms with van der Waals surface area (Å²) >= 11 is 0. The second kappa shape index (κ2) is 30.8. The standard InChI is InChI=1S/C9H13.3C2H6O.Zr/c1-2-3-6-9-7-4-5-8-9;3*1-2-3;/h4-5,7-8H,2-3,6H2,1H3;3*3H,2H2,1H3;/q-1;;;;. The number of aryl methyl sites for hydroxylation is 1. The molecule has 0 aliphatic carbocycles. The Balaban J connectivity index is -0.0000000956. The van der Waals surface area contributed by atoms with Gasteiger partial charge in [-0.2, -0.15) is 17.7 Å². The minimum absolute atomic E-state index is 0. The van der Waals surface area contributed by atoms with E-state index in [1.54, 1.807) is 20.8 Å². The Morgan fingerprint density at radius 3 is 1.37 bits per heavy atom. The van der Waals surface area contributed by atoms with E-state index >= 15 is 0 Å². The van der Waals surface area contributed by atoms with Crippen LogP contribution in [0.15, 0.2) is 24.3 Å². The van der Waals surface area contributed by atoms with Crippen LogP contribution < -0.4 is 0 Å². The normalized spacial score (nSPS) is 7.53. The molecule has 0 aromatic heterocycles. The van der Waals surface area contributed by atoms with Crippen LogP contribution >= 0.6 is 0 Å². The van der Waals surface area contributed by atoms with E-state index < -0.39 is 0 Å². The van der Waals surface area contributed by atoms with Crippen LogP contribution in [0.25, 0.3) is 0 Å². The first-order valence-electron chi connectivity index (χ1n) is 6.71. The molecule has 0 spiro atoms. The van der Waals surface area contributed by atoms with Crippen molar-refractivity contribution < 1.29 is 41.5 Å². The topological polar surface area (TPSA) is 60.7 Å². The van der Waals surface area contributed by atoms with Crippen LogP contribution in [0, 0.1) is 0 Å². The maximum atomic E-state index is 7.57. The molecule has 3 nitrogen and oxygen atoms in total. The van der Waals surface area contributed by atoms with Crippen molar-refractivity contribution in [1.29, 1.82) is 0 Å². The van der Waals surface area contributed by atoms with E-state index in [4.69, 9.17) is 15.3 Å². The summed E-state index contributed by atoms with van der Waals surface area (Å²) in [6.45, 7) is 8.02. The van der Waals surface area contributed by atoms with Gasteiger partial charge in [-0.05, 0) is 20.8 Å². The molecule has 114 valence electrons. The van der Waals surface area contributed by atoms with Crippen LogP contribution in [-0.4, -0.2) is 35.1 Å². The van der Waals surface area contributed by atoms with E-state index in [0.29, 0.717) is 0 Å². The molecule has 3 N–H and O–H groups in total. The van der Waals surface area contributed by atoms with Gasteiger partial charge in [-0.1, -0.05) is 26.2 Å². The number of hydrogen-bond donors (Lipinski definition) is 3. The molecule has 0 bridgehead atoms. The van der Waals surface area contributed by atoms with Gasteiger partial charge in [-0.25, -0.2) is 12.1 Å². The van der Waals surface area contributed by atoms with Crippen molar-refractivity contribution in [2.75, 3.05) is 19.8 Å². The maximum absolute atomic E-state index is 7.57. The number of rotatable bonds is 3. The van der Waals surface area contributed by atoms with Crippen molar-refractivity contribution in [2.24, 2.45) is 0 Å². The summed E-state index contributed by atoms with van der Waals surface area (Å²) in [4.78, 5) is 0. The third-order valence-electron chi connectivity index (χ3n) is 1.55. The molecule has 1 rings (SSSR count). The van der Waals surface area contributed by atoms with Crippen molar-refractivity contribution in [1.82, 2.24) is 0 Å². The summed E-state index contributed by atoms with van der Waals surface area (Å²) in [6.07, 6.45) is 3.87. The molecule has 1 aromatic rings. The predicted molar refractivity (Wildman–Crippen MR) is 78.9 cm³/mol. The molecule has 19 heavy (non-hydrogen) atoms. The first kappa shape index (κ1) is 27.5. The summed E-state index contributed by atoms with van der Waals surface area (Å²) in [5, 5.41) is 22.7. The Kier molecular flexibility index (Phi) is 44.6. The zero-order chi connectivity index (χ0) is 14.6. The van der Waals surface area contributed by atoms with E-state index in [-0.39, 0.29) is 46.0 Å². The van der Waals surface area contributed by atoms with Crippen molar-refractivity contribution in [2.45, 2.75) is 47.0 Å². The zero-order valence-corrected chi connectivity index (χ0v) is 15.4. The Bertz CT molecular complexity index is 185. The molecule has 0 saturated carbocycles. The van der Waals surface area contributed by atoms with Crippen LogP contribution in [0.4, 0.5) is 0 Å². The second-order valence-electron chi connectivity index (χ2n) is 3.35. The summed E-state index contributed by atoms with van der Waals surface area (Å²) in [5.74, 6) is 0. The van der Waals surface area contributed by atoms with Gasteiger partial charge in [0.2, 0.25) is 0 Å². The first-order chi connectivity index (χ1) is 8.67. The summed E-state index contributed by atoms with van der Waals surface area (Å²) in [6, 6.07) is 8.58. The zero-order valence-electron chi connectivity index (χ0n) is 12.9. The molecule has 0 atom stereocenters. The molecule has 0 amide bonds. The molecule has 0 heterocycles. The fourth-order valence-electron chi connectivity index (χ4n) is 0.961. The van der Waals surface area contributed by atoms with Crippen LogP contribution in [-0.2, 0) is 32.6 Å². The molecule has 4 heteroatoms. The van der Waals surface area contributed by atoms with Crippen molar-refractivity contribution >= 4 is 0 Å². The van der Waals surface area contributed by atoms with Crippen molar-refractivity contribution in [3.8, 4) is 0 Å². The van der Waals surface area contributed by atoms with E-state index in [2.05, 4.69) is 31.2 Å². The Hall–Kier alpha value is 0.113. The van der Waals surface area contributed by atoms with Gasteiger partial charge in [0.15, 0.2) is 0 Å². The fourth-order valence-corrected chi connectivity index (χ4v) is 0.961. The largest absolute Gasteiger partial charge is 0.397 e. The molecular formula is C15H31O3Zr-. The number of unbranched alkanes of at least 4 members (excludes halogenated alkanes) is 1.